The van der Waals surface area contributed by atoms with E-state index in [2.05, 4.69) is 15.5 Å². The van der Waals surface area contributed by atoms with Crippen LogP contribution in [0.2, 0.25) is 0 Å². The van der Waals surface area contributed by atoms with Crippen LogP contribution >= 0.6 is 0 Å². The number of furan rings is 1. The number of ether oxygens (including phenoxy) is 1. The van der Waals surface area contributed by atoms with Crippen LogP contribution in [0.5, 0.6) is 0 Å². The van der Waals surface area contributed by atoms with E-state index in [1.54, 1.807) is 36.1 Å². The highest BCUT2D eigenvalue weighted by Crippen LogP contribution is 2.22. The summed E-state index contributed by atoms with van der Waals surface area (Å²) in [6.45, 7) is 2.32. The van der Waals surface area contributed by atoms with E-state index in [1.807, 2.05) is 0 Å². The Morgan fingerprint density at radius 3 is 2.53 bits per heavy atom. The van der Waals surface area contributed by atoms with Gasteiger partial charge >= 0.3 is 5.97 Å². The average Bonchev–Trinajstić information content (AvgIpc) is 3.52. The quantitative estimate of drug-likeness (QED) is 0.483. The van der Waals surface area contributed by atoms with Crippen molar-refractivity contribution in [3.05, 3.63) is 54.0 Å². The van der Waals surface area contributed by atoms with Gasteiger partial charge in [0.2, 0.25) is 10.9 Å². The summed E-state index contributed by atoms with van der Waals surface area (Å²) >= 11 is 0. The summed E-state index contributed by atoms with van der Waals surface area (Å²) in [4.78, 5) is 26.4. The van der Waals surface area contributed by atoms with Crippen LogP contribution in [0.1, 0.15) is 27.8 Å². The number of carbonyl (C=O) groups is 2. The minimum Gasteiger partial charge on any atom is -0.460 e. The maximum atomic E-state index is 13.1. The molecule has 1 saturated heterocycles. The number of aromatic nitrogens is 4. The second-order valence-corrected chi connectivity index (χ2v) is 8.68. The second kappa shape index (κ2) is 8.88. The van der Waals surface area contributed by atoms with Gasteiger partial charge in [-0.3, -0.25) is 4.79 Å². The number of benzene rings is 1. The molecule has 0 N–H and O–H groups in total. The van der Waals surface area contributed by atoms with Gasteiger partial charge in [-0.2, -0.15) is 8.99 Å². The molecule has 0 spiro atoms. The highest BCUT2D eigenvalue weighted by Gasteiger charge is 2.33. The molecule has 168 valence electrons. The number of nitrogens with zero attached hydrogens (tertiary/aromatic N) is 6. The van der Waals surface area contributed by atoms with E-state index < -0.39 is 16.0 Å². The van der Waals surface area contributed by atoms with Gasteiger partial charge in [-0.1, -0.05) is 12.1 Å². The van der Waals surface area contributed by atoms with Crippen molar-refractivity contribution in [2.75, 3.05) is 32.8 Å². The minimum absolute atomic E-state index is 0.0799. The Labute approximate surface area is 183 Å². The summed E-state index contributed by atoms with van der Waals surface area (Å²) in [6, 6.07) is 9.39. The first kappa shape index (κ1) is 21.6. The van der Waals surface area contributed by atoms with Gasteiger partial charge in [0.05, 0.1) is 17.9 Å². The third-order valence-corrected chi connectivity index (χ3v) is 6.68. The second-order valence-electron chi connectivity index (χ2n) is 6.81. The van der Waals surface area contributed by atoms with Gasteiger partial charge in [-0.15, -0.1) is 5.10 Å². The van der Waals surface area contributed by atoms with Crippen molar-refractivity contribution in [2.45, 2.75) is 12.0 Å². The number of para-hydroxylation sites is 1. The zero-order chi connectivity index (χ0) is 22.7. The molecular formula is C19H20N6O6S. The molecule has 3 aromatic rings. The van der Waals surface area contributed by atoms with Crippen molar-refractivity contribution in [2.24, 2.45) is 0 Å². The number of hydrogen-bond acceptors (Lipinski definition) is 9. The van der Waals surface area contributed by atoms with Crippen LogP contribution < -0.4 is 0 Å². The first-order chi connectivity index (χ1) is 15.4. The van der Waals surface area contributed by atoms with Crippen molar-refractivity contribution >= 4 is 21.9 Å². The molecule has 32 heavy (non-hydrogen) atoms. The van der Waals surface area contributed by atoms with E-state index in [0.717, 1.165) is 0 Å². The van der Waals surface area contributed by atoms with E-state index in [0.29, 0.717) is 11.3 Å². The van der Waals surface area contributed by atoms with Gasteiger partial charge in [0.15, 0.2) is 0 Å². The molecule has 1 amide bonds. The molecule has 0 atom stereocenters. The average molecular weight is 460 g/mol. The van der Waals surface area contributed by atoms with Gasteiger partial charge in [-0.05, 0) is 41.6 Å². The lowest BCUT2D eigenvalue weighted by atomic mass is 10.1. The topological polar surface area (TPSA) is 141 Å². The molecule has 0 radical (unpaired) electrons. The Balaban J connectivity index is 1.46. The molecule has 2 aromatic heterocycles. The number of hydrogen-bond donors (Lipinski definition) is 0. The molecule has 0 saturated carbocycles. The van der Waals surface area contributed by atoms with Crippen molar-refractivity contribution in [3.63, 3.8) is 0 Å². The lowest BCUT2D eigenvalue weighted by molar-refractivity contribution is 0.0483. The molecule has 12 nitrogen and oxygen atoms in total. The van der Waals surface area contributed by atoms with Crippen molar-refractivity contribution in [1.29, 1.82) is 0 Å². The smallest absolute Gasteiger partial charge is 0.374 e. The first-order valence-electron chi connectivity index (χ1n) is 9.80. The molecule has 1 aliphatic heterocycles. The molecule has 0 bridgehead atoms. The number of tetrazole rings is 1. The number of sulfonamides is 1. The number of rotatable bonds is 6. The van der Waals surface area contributed by atoms with Gasteiger partial charge in [0, 0.05) is 26.2 Å². The fourth-order valence-corrected chi connectivity index (χ4v) is 4.66. The predicted octanol–water partition coefficient (Wildman–Crippen LogP) is 0.579. The molecule has 0 aliphatic carbocycles. The zero-order valence-electron chi connectivity index (χ0n) is 17.1. The van der Waals surface area contributed by atoms with E-state index in [4.69, 9.17) is 9.15 Å². The SMILES string of the molecule is CCOC(=O)c1ccc(S(=O)(=O)N2CCN(C(=O)c3ccccc3-n3cnnn3)CC2)o1. The molecule has 3 heterocycles. The molecule has 13 heteroatoms. The number of esters is 1. The van der Waals surface area contributed by atoms with E-state index in [-0.39, 0.29) is 49.5 Å². The summed E-state index contributed by atoms with van der Waals surface area (Å²) in [5.74, 6) is -1.17. The number of amides is 1. The van der Waals surface area contributed by atoms with E-state index >= 15 is 0 Å². The molecule has 1 aliphatic rings. The van der Waals surface area contributed by atoms with Crippen LogP contribution in [-0.4, -0.2) is 82.5 Å². The van der Waals surface area contributed by atoms with Gasteiger partial charge in [0.1, 0.15) is 6.33 Å². The predicted molar refractivity (Wildman–Crippen MR) is 108 cm³/mol. The normalized spacial score (nSPS) is 15.0. The Morgan fingerprint density at radius 1 is 1.09 bits per heavy atom. The Hall–Kier alpha value is -3.58. The summed E-state index contributed by atoms with van der Waals surface area (Å²) in [5.41, 5.74) is 0.931. The summed E-state index contributed by atoms with van der Waals surface area (Å²) < 4.78 is 38.4. The summed E-state index contributed by atoms with van der Waals surface area (Å²) in [5, 5.41) is 10.7. The fraction of sp³-hybridized carbons (Fsp3) is 0.316. The number of piperazine rings is 1. The van der Waals surface area contributed by atoms with Crippen LogP contribution in [0, 0.1) is 0 Å². The first-order valence-corrected chi connectivity index (χ1v) is 11.2. The van der Waals surface area contributed by atoms with Crippen molar-refractivity contribution < 1.29 is 27.2 Å². The molecule has 1 aromatic carbocycles. The van der Waals surface area contributed by atoms with Gasteiger partial charge in [-0.25, -0.2) is 13.2 Å². The largest absolute Gasteiger partial charge is 0.460 e. The van der Waals surface area contributed by atoms with E-state index in [9.17, 15) is 18.0 Å². The van der Waals surface area contributed by atoms with Crippen LogP contribution in [0.4, 0.5) is 0 Å². The zero-order valence-corrected chi connectivity index (χ0v) is 17.9. The lowest BCUT2D eigenvalue weighted by Crippen LogP contribution is -2.50. The van der Waals surface area contributed by atoms with Gasteiger partial charge < -0.3 is 14.1 Å². The Morgan fingerprint density at radius 2 is 1.84 bits per heavy atom. The Kier molecular flexibility index (Phi) is 6.01. The maximum Gasteiger partial charge on any atom is 0.374 e. The summed E-state index contributed by atoms with van der Waals surface area (Å²) in [7, 11) is -3.96. The van der Waals surface area contributed by atoms with Crippen LogP contribution in [0.15, 0.2) is 52.2 Å². The fourth-order valence-electron chi connectivity index (χ4n) is 3.33. The van der Waals surface area contributed by atoms with Crippen LogP contribution in [-0.2, 0) is 14.8 Å². The van der Waals surface area contributed by atoms with Gasteiger partial charge in [0.25, 0.3) is 15.9 Å². The number of carbonyl (C=O) groups excluding carboxylic acids is 2. The summed E-state index contributed by atoms with van der Waals surface area (Å²) in [6.07, 6.45) is 1.39. The third kappa shape index (κ3) is 4.11. The van der Waals surface area contributed by atoms with Crippen molar-refractivity contribution in [1.82, 2.24) is 29.4 Å². The molecule has 0 unspecified atom stereocenters. The monoisotopic (exact) mass is 460 g/mol. The Bertz CT molecular complexity index is 1210. The van der Waals surface area contributed by atoms with Crippen LogP contribution in [0.3, 0.4) is 0 Å². The standard InChI is InChI=1S/C19H20N6O6S/c1-2-30-19(27)16-7-8-17(31-16)32(28,29)24-11-9-23(10-12-24)18(26)14-5-3-4-6-15(14)25-13-20-21-22-25/h3-8,13H,2,9-12H2,1H3. The highest BCUT2D eigenvalue weighted by atomic mass is 32.2. The van der Waals surface area contributed by atoms with Crippen LogP contribution in [0.25, 0.3) is 5.69 Å². The molecule has 4 rings (SSSR count). The minimum atomic E-state index is -3.96. The molecular weight excluding hydrogens is 440 g/mol. The molecule has 1 fully saturated rings. The highest BCUT2D eigenvalue weighted by molar-refractivity contribution is 7.89. The van der Waals surface area contributed by atoms with E-state index in [1.165, 1.54) is 27.4 Å². The lowest BCUT2D eigenvalue weighted by Gasteiger charge is -2.33. The maximum absolute atomic E-state index is 13.1. The third-order valence-electron chi connectivity index (χ3n) is 4.91. The van der Waals surface area contributed by atoms with Crippen molar-refractivity contribution in [3.8, 4) is 5.69 Å².